The molecule has 1 aromatic carbocycles. The zero-order valence-electron chi connectivity index (χ0n) is 9.57. The minimum atomic E-state index is 0.238. The SMILES string of the molecule is Cc1cc(C)cc(Oc2nc(N)cc(Br)n2)c1. The molecule has 1 heterocycles. The molecule has 1 aromatic heterocycles. The number of aryl methyl sites for hydroxylation is 2. The summed E-state index contributed by atoms with van der Waals surface area (Å²) in [5.74, 6) is 1.08. The number of nitrogens with two attached hydrogens (primary N) is 1. The molecule has 0 radical (unpaired) electrons. The van der Waals surface area contributed by atoms with Crippen molar-refractivity contribution in [2.24, 2.45) is 0 Å². The molecule has 2 N–H and O–H groups in total. The summed E-state index contributed by atoms with van der Waals surface area (Å²) in [7, 11) is 0. The monoisotopic (exact) mass is 293 g/mol. The summed E-state index contributed by atoms with van der Waals surface area (Å²) in [6, 6.07) is 7.78. The van der Waals surface area contributed by atoms with Gasteiger partial charge in [-0.15, -0.1) is 0 Å². The number of rotatable bonds is 2. The summed E-state index contributed by atoms with van der Waals surface area (Å²) in [5.41, 5.74) is 7.87. The molecule has 0 amide bonds. The molecule has 5 heteroatoms. The van der Waals surface area contributed by atoms with Crippen LogP contribution in [0.1, 0.15) is 11.1 Å². The van der Waals surface area contributed by atoms with Crippen LogP contribution in [0.15, 0.2) is 28.9 Å². The highest BCUT2D eigenvalue weighted by atomic mass is 79.9. The van der Waals surface area contributed by atoms with Gasteiger partial charge in [-0.1, -0.05) is 6.07 Å². The highest BCUT2D eigenvalue weighted by Gasteiger charge is 2.04. The molecular formula is C12H12BrN3O. The molecule has 0 spiro atoms. The van der Waals surface area contributed by atoms with Crippen molar-refractivity contribution in [2.45, 2.75) is 13.8 Å². The summed E-state index contributed by atoms with van der Waals surface area (Å²) in [6.07, 6.45) is 0. The number of aromatic nitrogens is 2. The number of hydrogen-bond acceptors (Lipinski definition) is 4. The third kappa shape index (κ3) is 3.17. The van der Waals surface area contributed by atoms with Gasteiger partial charge < -0.3 is 10.5 Å². The quantitative estimate of drug-likeness (QED) is 0.864. The van der Waals surface area contributed by atoms with E-state index in [1.807, 2.05) is 26.0 Å². The van der Waals surface area contributed by atoms with Crippen molar-refractivity contribution >= 4 is 21.7 Å². The van der Waals surface area contributed by atoms with Crippen LogP contribution in [0.4, 0.5) is 5.82 Å². The summed E-state index contributed by atoms with van der Waals surface area (Å²) in [4.78, 5) is 8.10. The van der Waals surface area contributed by atoms with Crippen molar-refractivity contribution in [3.8, 4) is 11.8 Å². The van der Waals surface area contributed by atoms with Gasteiger partial charge in [-0.25, -0.2) is 0 Å². The summed E-state index contributed by atoms with van der Waals surface area (Å²) >= 11 is 3.24. The molecular weight excluding hydrogens is 282 g/mol. The maximum Gasteiger partial charge on any atom is 0.325 e. The normalized spacial score (nSPS) is 10.3. The Bertz CT molecular complexity index is 467. The Labute approximate surface area is 108 Å². The molecule has 2 aromatic rings. The van der Waals surface area contributed by atoms with Gasteiger partial charge in [0.05, 0.1) is 0 Å². The Kier molecular flexibility index (Phi) is 3.28. The van der Waals surface area contributed by atoms with Crippen LogP contribution in [-0.4, -0.2) is 9.97 Å². The third-order valence-electron chi connectivity index (χ3n) is 2.10. The van der Waals surface area contributed by atoms with Crippen LogP contribution in [0, 0.1) is 13.8 Å². The number of nitrogen functional groups attached to an aromatic ring is 1. The van der Waals surface area contributed by atoms with Crippen LogP contribution in [-0.2, 0) is 0 Å². The molecule has 0 fully saturated rings. The van der Waals surface area contributed by atoms with Crippen LogP contribution in [0.3, 0.4) is 0 Å². The first kappa shape index (κ1) is 11.9. The standard InChI is InChI=1S/C12H12BrN3O/c1-7-3-8(2)5-9(4-7)17-12-15-10(13)6-11(14)16-12/h3-6H,1-2H3,(H2,14,15,16). The fraction of sp³-hybridized carbons (Fsp3) is 0.167. The molecule has 88 valence electrons. The van der Waals surface area contributed by atoms with Gasteiger partial charge in [0.2, 0.25) is 0 Å². The van der Waals surface area contributed by atoms with E-state index in [4.69, 9.17) is 10.5 Å². The number of ether oxygens (including phenoxy) is 1. The van der Waals surface area contributed by atoms with Crippen molar-refractivity contribution in [2.75, 3.05) is 5.73 Å². The average molecular weight is 294 g/mol. The number of hydrogen-bond donors (Lipinski definition) is 1. The maximum absolute atomic E-state index is 5.61. The lowest BCUT2D eigenvalue weighted by Crippen LogP contribution is -1.97. The zero-order valence-corrected chi connectivity index (χ0v) is 11.2. The summed E-state index contributed by atoms with van der Waals surface area (Å²) in [5, 5.41) is 0. The van der Waals surface area contributed by atoms with E-state index in [9.17, 15) is 0 Å². The van der Waals surface area contributed by atoms with Crippen molar-refractivity contribution in [1.82, 2.24) is 9.97 Å². The molecule has 17 heavy (non-hydrogen) atoms. The first-order chi connectivity index (χ1) is 8.02. The van der Waals surface area contributed by atoms with Gasteiger partial charge in [-0.2, -0.15) is 9.97 Å². The van der Waals surface area contributed by atoms with Crippen LogP contribution in [0.25, 0.3) is 0 Å². The highest BCUT2D eigenvalue weighted by molar-refractivity contribution is 9.10. The van der Waals surface area contributed by atoms with E-state index in [1.54, 1.807) is 6.07 Å². The Hall–Kier alpha value is -1.62. The minimum absolute atomic E-state index is 0.238. The number of anilines is 1. The molecule has 0 saturated heterocycles. The van der Waals surface area contributed by atoms with Gasteiger partial charge in [-0.05, 0) is 53.0 Å². The molecule has 0 unspecified atom stereocenters. The first-order valence-electron chi connectivity index (χ1n) is 5.09. The smallest absolute Gasteiger partial charge is 0.325 e. The molecule has 0 aliphatic heterocycles. The van der Waals surface area contributed by atoms with E-state index >= 15 is 0 Å². The van der Waals surface area contributed by atoms with Crippen LogP contribution in [0.5, 0.6) is 11.8 Å². The zero-order chi connectivity index (χ0) is 12.4. The van der Waals surface area contributed by atoms with Gasteiger partial charge in [0.25, 0.3) is 0 Å². The van der Waals surface area contributed by atoms with Gasteiger partial charge in [0.15, 0.2) is 0 Å². The van der Waals surface area contributed by atoms with Crippen LogP contribution in [0.2, 0.25) is 0 Å². The van der Waals surface area contributed by atoms with Gasteiger partial charge in [0, 0.05) is 6.07 Å². The summed E-state index contributed by atoms with van der Waals surface area (Å²) < 4.78 is 6.17. The second-order valence-electron chi connectivity index (χ2n) is 3.82. The molecule has 2 rings (SSSR count). The Morgan fingerprint density at radius 2 is 1.71 bits per heavy atom. The Morgan fingerprint density at radius 3 is 2.29 bits per heavy atom. The van der Waals surface area contributed by atoms with Gasteiger partial charge in [-0.3, -0.25) is 0 Å². The van der Waals surface area contributed by atoms with Crippen molar-refractivity contribution in [3.63, 3.8) is 0 Å². The topological polar surface area (TPSA) is 61.0 Å². The van der Waals surface area contributed by atoms with E-state index in [-0.39, 0.29) is 6.01 Å². The lowest BCUT2D eigenvalue weighted by molar-refractivity contribution is 0.441. The van der Waals surface area contributed by atoms with Crippen molar-refractivity contribution in [1.29, 1.82) is 0 Å². The largest absolute Gasteiger partial charge is 0.424 e. The van der Waals surface area contributed by atoms with Gasteiger partial charge >= 0.3 is 6.01 Å². The lowest BCUT2D eigenvalue weighted by atomic mass is 10.1. The fourth-order valence-corrected chi connectivity index (χ4v) is 1.94. The van der Waals surface area contributed by atoms with Crippen molar-refractivity contribution < 1.29 is 4.74 Å². The molecule has 0 aliphatic rings. The first-order valence-corrected chi connectivity index (χ1v) is 5.88. The summed E-state index contributed by atoms with van der Waals surface area (Å²) in [6.45, 7) is 4.02. The lowest BCUT2D eigenvalue weighted by Gasteiger charge is -2.06. The second-order valence-corrected chi connectivity index (χ2v) is 4.64. The molecule has 0 atom stereocenters. The van der Waals surface area contributed by atoms with E-state index in [0.29, 0.717) is 16.2 Å². The van der Waals surface area contributed by atoms with Crippen molar-refractivity contribution in [3.05, 3.63) is 40.0 Å². The number of halogens is 1. The Balaban J connectivity index is 2.31. The van der Waals surface area contributed by atoms with E-state index in [0.717, 1.165) is 11.1 Å². The molecule has 0 aliphatic carbocycles. The van der Waals surface area contributed by atoms with E-state index in [2.05, 4.69) is 32.0 Å². The number of nitrogens with zero attached hydrogens (tertiary/aromatic N) is 2. The molecule has 4 nitrogen and oxygen atoms in total. The Morgan fingerprint density at radius 1 is 1.06 bits per heavy atom. The third-order valence-corrected chi connectivity index (χ3v) is 2.50. The fourth-order valence-electron chi connectivity index (χ4n) is 1.56. The van der Waals surface area contributed by atoms with Crippen LogP contribution >= 0.6 is 15.9 Å². The molecule has 0 bridgehead atoms. The van der Waals surface area contributed by atoms with Crippen LogP contribution < -0.4 is 10.5 Å². The average Bonchev–Trinajstić information content (AvgIpc) is 2.13. The highest BCUT2D eigenvalue weighted by Crippen LogP contribution is 2.23. The number of benzene rings is 1. The van der Waals surface area contributed by atoms with E-state index in [1.165, 1.54) is 0 Å². The molecule has 0 saturated carbocycles. The van der Waals surface area contributed by atoms with Gasteiger partial charge in [0.1, 0.15) is 16.2 Å². The predicted octanol–water partition coefficient (Wildman–Crippen LogP) is 3.23. The van der Waals surface area contributed by atoms with E-state index < -0.39 is 0 Å². The second kappa shape index (κ2) is 4.71. The predicted molar refractivity (Wildman–Crippen MR) is 70.1 cm³/mol. The maximum atomic E-state index is 5.61. The minimum Gasteiger partial charge on any atom is -0.424 e.